The third-order valence-electron chi connectivity index (χ3n) is 2.86. The normalized spacial score (nSPS) is 19.9. The number of nitrogens with one attached hydrogen (secondary N) is 1. The lowest BCUT2D eigenvalue weighted by molar-refractivity contribution is -0.148. The molecule has 0 spiro atoms. The molecule has 0 saturated carbocycles. The number of piperidine rings is 1. The number of benzene rings is 1. The molecular weight excluding hydrogens is 238 g/mol. The van der Waals surface area contributed by atoms with E-state index in [0.717, 1.165) is 31.4 Å². The van der Waals surface area contributed by atoms with E-state index in [1.54, 1.807) is 6.07 Å². The third-order valence-corrected chi connectivity index (χ3v) is 3.10. The van der Waals surface area contributed by atoms with Gasteiger partial charge in [-0.2, -0.15) is 0 Å². The number of hydrogen-bond acceptors (Lipinski definition) is 3. The molecule has 1 saturated heterocycles. The smallest absolute Gasteiger partial charge is 0.323 e. The fourth-order valence-corrected chi connectivity index (χ4v) is 2.15. The van der Waals surface area contributed by atoms with Crippen molar-refractivity contribution in [3.8, 4) is 0 Å². The summed E-state index contributed by atoms with van der Waals surface area (Å²) in [6.07, 6.45) is 3.09. The van der Waals surface area contributed by atoms with Crippen LogP contribution in [-0.4, -0.2) is 18.6 Å². The molecule has 0 radical (unpaired) electrons. The Balaban J connectivity index is 1.83. The molecule has 1 N–H and O–H groups in total. The molecule has 0 unspecified atom stereocenters. The summed E-state index contributed by atoms with van der Waals surface area (Å²) < 4.78 is 5.26. The van der Waals surface area contributed by atoms with Gasteiger partial charge in [0, 0.05) is 5.02 Å². The first-order chi connectivity index (χ1) is 8.25. The van der Waals surface area contributed by atoms with E-state index in [4.69, 9.17) is 16.3 Å². The average molecular weight is 254 g/mol. The minimum Gasteiger partial charge on any atom is -0.460 e. The molecule has 1 aromatic rings. The van der Waals surface area contributed by atoms with Crippen LogP contribution in [0.2, 0.25) is 5.02 Å². The van der Waals surface area contributed by atoms with E-state index in [1.807, 2.05) is 18.2 Å². The molecule has 0 amide bonds. The summed E-state index contributed by atoms with van der Waals surface area (Å²) in [5.74, 6) is -0.162. The van der Waals surface area contributed by atoms with Gasteiger partial charge in [-0.05, 0) is 37.1 Å². The Labute approximate surface area is 106 Å². The van der Waals surface area contributed by atoms with Crippen LogP contribution in [0.1, 0.15) is 24.8 Å². The van der Waals surface area contributed by atoms with Crippen molar-refractivity contribution in [2.75, 3.05) is 6.54 Å². The van der Waals surface area contributed by atoms with E-state index < -0.39 is 0 Å². The maximum Gasteiger partial charge on any atom is 0.323 e. The second-order valence-electron chi connectivity index (χ2n) is 4.24. The second kappa shape index (κ2) is 6.03. The first kappa shape index (κ1) is 12.4. The molecule has 3 nitrogen and oxygen atoms in total. The van der Waals surface area contributed by atoms with Crippen LogP contribution < -0.4 is 5.32 Å². The predicted octanol–water partition coefficient (Wildman–Crippen LogP) is 2.53. The van der Waals surface area contributed by atoms with Crippen molar-refractivity contribution in [3.05, 3.63) is 34.9 Å². The summed E-state index contributed by atoms with van der Waals surface area (Å²) in [7, 11) is 0. The van der Waals surface area contributed by atoms with Crippen LogP contribution in [0.4, 0.5) is 0 Å². The van der Waals surface area contributed by atoms with Crippen LogP contribution in [0.3, 0.4) is 0 Å². The molecule has 0 aliphatic carbocycles. The van der Waals surface area contributed by atoms with Gasteiger partial charge >= 0.3 is 5.97 Å². The molecule has 0 aromatic heterocycles. The van der Waals surface area contributed by atoms with E-state index in [2.05, 4.69) is 5.32 Å². The van der Waals surface area contributed by atoms with Crippen molar-refractivity contribution >= 4 is 17.6 Å². The van der Waals surface area contributed by atoms with Crippen LogP contribution in [-0.2, 0) is 16.1 Å². The van der Waals surface area contributed by atoms with Gasteiger partial charge in [0.05, 0.1) is 0 Å². The highest BCUT2D eigenvalue weighted by Crippen LogP contribution is 2.13. The number of esters is 1. The summed E-state index contributed by atoms with van der Waals surface area (Å²) in [6, 6.07) is 7.22. The molecule has 0 bridgehead atoms. The number of halogens is 1. The Bertz CT molecular complexity index is 389. The molecule has 2 rings (SSSR count). The van der Waals surface area contributed by atoms with Gasteiger partial charge < -0.3 is 10.1 Å². The van der Waals surface area contributed by atoms with Gasteiger partial charge in [0.15, 0.2) is 0 Å². The first-order valence-corrected chi connectivity index (χ1v) is 6.28. The van der Waals surface area contributed by atoms with Crippen LogP contribution in [0, 0.1) is 0 Å². The topological polar surface area (TPSA) is 38.3 Å². The molecule has 1 atom stereocenters. The Morgan fingerprint density at radius 3 is 3.06 bits per heavy atom. The molecule has 92 valence electrons. The molecule has 1 aliphatic heterocycles. The van der Waals surface area contributed by atoms with Crippen molar-refractivity contribution in [1.29, 1.82) is 0 Å². The zero-order valence-electron chi connectivity index (χ0n) is 9.62. The summed E-state index contributed by atoms with van der Waals surface area (Å²) in [4.78, 5) is 11.7. The SMILES string of the molecule is O=C(OCc1cccc(Cl)c1)[C@H]1CCCCN1. The lowest BCUT2D eigenvalue weighted by atomic mass is 10.1. The first-order valence-electron chi connectivity index (χ1n) is 5.90. The summed E-state index contributed by atoms with van der Waals surface area (Å²) in [5, 5.41) is 3.83. The van der Waals surface area contributed by atoms with E-state index in [1.165, 1.54) is 0 Å². The minimum atomic E-state index is -0.162. The molecule has 1 heterocycles. The fourth-order valence-electron chi connectivity index (χ4n) is 1.93. The molecular formula is C13H16ClNO2. The van der Waals surface area contributed by atoms with Gasteiger partial charge in [-0.25, -0.2) is 0 Å². The van der Waals surface area contributed by atoms with Gasteiger partial charge in [0.1, 0.15) is 12.6 Å². The number of carbonyl (C=O) groups is 1. The lowest BCUT2D eigenvalue weighted by Gasteiger charge is -2.21. The van der Waals surface area contributed by atoms with Crippen LogP contribution in [0.15, 0.2) is 24.3 Å². The third kappa shape index (κ3) is 3.72. The molecule has 1 fully saturated rings. The van der Waals surface area contributed by atoms with Gasteiger partial charge in [-0.1, -0.05) is 30.2 Å². The van der Waals surface area contributed by atoms with Crippen molar-refractivity contribution in [3.63, 3.8) is 0 Å². The van der Waals surface area contributed by atoms with Gasteiger partial charge in [0.2, 0.25) is 0 Å². The highest BCUT2D eigenvalue weighted by Gasteiger charge is 2.21. The average Bonchev–Trinajstić information content (AvgIpc) is 2.37. The van der Waals surface area contributed by atoms with Gasteiger partial charge in [0.25, 0.3) is 0 Å². The maximum absolute atomic E-state index is 11.7. The highest BCUT2D eigenvalue weighted by atomic mass is 35.5. The fraction of sp³-hybridized carbons (Fsp3) is 0.462. The Kier molecular flexibility index (Phi) is 4.40. The Hall–Kier alpha value is -1.06. The van der Waals surface area contributed by atoms with Gasteiger partial charge in [-0.3, -0.25) is 4.79 Å². The largest absolute Gasteiger partial charge is 0.460 e. The van der Waals surface area contributed by atoms with E-state index >= 15 is 0 Å². The van der Waals surface area contributed by atoms with E-state index in [-0.39, 0.29) is 18.6 Å². The lowest BCUT2D eigenvalue weighted by Crippen LogP contribution is -2.41. The van der Waals surface area contributed by atoms with Crippen molar-refractivity contribution in [1.82, 2.24) is 5.32 Å². The quantitative estimate of drug-likeness (QED) is 0.842. The van der Waals surface area contributed by atoms with Crippen molar-refractivity contribution in [2.45, 2.75) is 31.9 Å². The molecule has 4 heteroatoms. The number of carbonyl (C=O) groups excluding carboxylic acids is 1. The van der Waals surface area contributed by atoms with Crippen LogP contribution >= 0.6 is 11.6 Å². The van der Waals surface area contributed by atoms with Crippen LogP contribution in [0.5, 0.6) is 0 Å². The van der Waals surface area contributed by atoms with Gasteiger partial charge in [-0.15, -0.1) is 0 Å². The Morgan fingerprint density at radius 1 is 1.47 bits per heavy atom. The van der Waals surface area contributed by atoms with Crippen molar-refractivity contribution < 1.29 is 9.53 Å². The summed E-state index contributed by atoms with van der Waals surface area (Å²) >= 11 is 5.86. The van der Waals surface area contributed by atoms with E-state index in [0.29, 0.717) is 5.02 Å². The van der Waals surface area contributed by atoms with Crippen molar-refractivity contribution in [2.24, 2.45) is 0 Å². The second-order valence-corrected chi connectivity index (χ2v) is 4.68. The predicted molar refractivity (Wildman–Crippen MR) is 66.9 cm³/mol. The summed E-state index contributed by atoms with van der Waals surface area (Å²) in [5.41, 5.74) is 0.918. The highest BCUT2D eigenvalue weighted by molar-refractivity contribution is 6.30. The molecule has 1 aromatic carbocycles. The molecule has 17 heavy (non-hydrogen) atoms. The zero-order valence-corrected chi connectivity index (χ0v) is 10.4. The minimum absolute atomic E-state index is 0.136. The number of hydrogen-bond donors (Lipinski definition) is 1. The van der Waals surface area contributed by atoms with Crippen LogP contribution in [0.25, 0.3) is 0 Å². The monoisotopic (exact) mass is 253 g/mol. The Morgan fingerprint density at radius 2 is 2.35 bits per heavy atom. The number of rotatable bonds is 3. The standard InChI is InChI=1S/C13H16ClNO2/c14-11-5-3-4-10(8-11)9-17-13(16)12-6-1-2-7-15-12/h3-5,8,12,15H,1-2,6-7,9H2/t12-/m1/s1. The molecule has 1 aliphatic rings. The number of ether oxygens (including phenoxy) is 1. The maximum atomic E-state index is 11.7. The zero-order chi connectivity index (χ0) is 12.1. The van der Waals surface area contributed by atoms with E-state index in [9.17, 15) is 4.79 Å². The summed E-state index contributed by atoms with van der Waals surface area (Å²) in [6.45, 7) is 1.19.